The summed E-state index contributed by atoms with van der Waals surface area (Å²) in [7, 11) is 0. The number of benzene rings is 2. The van der Waals surface area contributed by atoms with Crippen LogP contribution in [0.15, 0.2) is 66.1 Å². The molecule has 0 bridgehead atoms. The molecule has 2 N–H and O–H groups in total. The molecule has 2 aromatic carbocycles. The molecule has 1 amide bonds. The Balaban J connectivity index is 1.46. The van der Waals surface area contributed by atoms with E-state index in [1.807, 2.05) is 42.5 Å². The third-order valence-electron chi connectivity index (χ3n) is 4.76. The van der Waals surface area contributed by atoms with E-state index in [0.29, 0.717) is 5.56 Å². The Labute approximate surface area is 179 Å². The molecule has 0 aliphatic carbocycles. The van der Waals surface area contributed by atoms with Gasteiger partial charge in [-0.05, 0) is 40.8 Å². The number of aromatic nitrogens is 4. The van der Waals surface area contributed by atoms with Crippen LogP contribution in [0.3, 0.4) is 0 Å². The molecule has 0 radical (unpaired) electrons. The zero-order chi connectivity index (χ0) is 21.1. The average molecular weight is 418 g/mol. The third-order valence-corrected chi connectivity index (χ3v) is 5.84. The summed E-state index contributed by atoms with van der Waals surface area (Å²) >= 11 is 1.61. The fourth-order valence-electron chi connectivity index (χ4n) is 3.08. The maximum Gasteiger partial charge on any atom is 0.255 e. The summed E-state index contributed by atoms with van der Waals surface area (Å²) in [6.07, 6.45) is 3.27. The SMILES string of the molecule is CC(C)(C)c1cccc(C(=O)Nc2cccc(CSc3ncnc4[nH]ncc34)c2)c1. The molecule has 0 fully saturated rings. The smallest absolute Gasteiger partial charge is 0.255 e. The Morgan fingerprint density at radius 3 is 2.77 bits per heavy atom. The average Bonchev–Trinajstić information content (AvgIpc) is 3.21. The highest BCUT2D eigenvalue weighted by atomic mass is 32.2. The number of thioether (sulfide) groups is 1. The first-order valence-electron chi connectivity index (χ1n) is 9.68. The second kappa shape index (κ2) is 8.28. The van der Waals surface area contributed by atoms with Crippen molar-refractivity contribution in [3.63, 3.8) is 0 Å². The van der Waals surface area contributed by atoms with Crippen LogP contribution in [0.1, 0.15) is 42.3 Å². The molecule has 7 heteroatoms. The molecule has 0 saturated carbocycles. The van der Waals surface area contributed by atoms with Crippen molar-refractivity contribution in [1.29, 1.82) is 0 Å². The quantitative estimate of drug-likeness (QED) is 0.345. The molecule has 6 nitrogen and oxygen atoms in total. The van der Waals surface area contributed by atoms with Crippen molar-refractivity contribution in [2.75, 3.05) is 5.32 Å². The molecular formula is C23H23N5OS. The van der Waals surface area contributed by atoms with Gasteiger partial charge in [-0.2, -0.15) is 5.10 Å². The van der Waals surface area contributed by atoms with Crippen molar-refractivity contribution in [3.8, 4) is 0 Å². The molecule has 2 aromatic heterocycles. The lowest BCUT2D eigenvalue weighted by Gasteiger charge is -2.19. The van der Waals surface area contributed by atoms with Crippen molar-refractivity contribution < 1.29 is 4.79 Å². The zero-order valence-corrected chi connectivity index (χ0v) is 18.0. The number of hydrogen-bond acceptors (Lipinski definition) is 5. The van der Waals surface area contributed by atoms with Crippen LogP contribution in [0, 0.1) is 0 Å². The van der Waals surface area contributed by atoms with E-state index in [1.165, 1.54) is 6.33 Å². The number of carbonyl (C=O) groups excluding carboxylic acids is 1. The standard InChI is InChI=1S/C23H23N5OS/c1-23(2,3)17-8-5-7-16(11-17)21(29)27-18-9-4-6-15(10-18)13-30-22-19-12-26-28-20(19)24-14-25-22/h4-12,14H,13H2,1-3H3,(H,27,29)(H,24,25,26,28). The van der Waals surface area contributed by atoms with E-state index in [1.54, 1.807) is 18.0 Å². The molecule has 0 aliphatic rings. The van der Waals surface area contributed by atoms with Gasteiger partial charge in [0.25, 0.3) is 5.91 Å². The fraction of sp³-hybridized carbons (Fsp3) is 0.217. The van der Waals surface area contributed by atoms with Gasteiger partial charge in [-0.3, -0.25) is 9.89 Å². The number of nitrogens with one attached hydrogen (secondary N) is 2. The van der Waals surface area contributed by atoms with E-state index < -0.39 is 0 Å². The molecule has 0 aliphatic heterocycles. The molecule has 0 saturated heterocycles. The lowest BCUT2D eigenvalue weighted by molar-refractivity contribution is 0.102. The number of anilines is 1. The number of aromatic amines is 1. The topological polar surface area (TPSA) is 83.6 Å². The Morgan fingerprint density at radius 2 is 1.93 bits per heavy atom. The monoisotopic (exact) mass is 417 g/mol. The van der Waals surface area contributed by atoms with Gasteiger partial charge in [0.15, 0.2) is 5.65 Å². The van der Waals surface area contributed by atoms with Gasteiger partial charge in [0.05, 0.1) is 11.6 Å². The number of carbonyl (C=O) groups is 1. The van der Waals surface area contributed by atoms with Gasteiger partial charge >= 0.3 is 0 Å². The highest BCUT2D eigenvalue weighted by molar-refractivity contribution is 7.98. The van der Waals surface area contributed by atoms with Gasteiger partial charge in [0.2, 0.25) is 0 Å². The summed E-state index contributed by atoms with van der Waals surface area (Å²) in [5.41, 5.74) is 4.38. The largest absolute Gasteiger partial charge is 0.322 e. The second-order valence-corrected chi connectivity index (χ2v) is 9.05. The highest BCUT2D eigenvalue weighted by Gasteiger charge is 2.16. The van der Waals surface area contributed by atoms with Crippen LogP contribution in [-0.2, 0) is 11.2 Å². The third kappa shape index (κ3) is 4.52. The second-order valence-electron chi connectivity index (χ2n) is 8.09. The van der Waals surface area contributed by atoms with Crippen LogP contribution in [0.5, 0.6) is 0 Å². The number of hydrogen-bond donors (Lipinski definition) is 2. The van der Waals surface area contributed by atoms with Gasteiger partial charge < -0.3 is 5.32 Å². The first-order chi connectivity index (χ1) is 14.4. The van der Waals surface area contributed by atoms with E-state index in [0.717, 1.165) is 38.6 Å². The predicted molar refractivity (Wildman–Crippen MR) is 121 cm³/mol. The first-order valence-corrected chi connectivity index (χ1v) is 10.7. The lowest BCUT2D eigenvalue weighted by Crippen LogP contribution is -2.15. The van der Waals surface area contributed by atoms with Crippen LogP contribution in [0.25, 0.3) is 11.0 Å². The fourth-order valence-corrected chi connectivity index (χ4v) is 3.99. The summed E-state index contributed by atoms with van der Waals surface area (Å²) in [6.45, 7) is 6.42. The molecule has 30 heavy (non-hydrogen) atoms. The summed E-state index contributed by atoms with van der Waals surface area (Å²) in [4.78, 5) is 21.3. The van der Waals surface area contributed by atoms with Crippen LogP contribution in [0.4, 0.5) is 5.69 Å². The Bertz CT molecular complexity index is 1200. The molecule has 4 aromatic rings. The van der Waals surface area contributed by atoms with Crippen molar-refractivity contribution in [2.45, 2.75) is 37.0 Å². The Morgan fingerprint density at radius 1 is 1.10 bits per heavy atom. The minimum Gasteiger partial charge on any atom is -0.322 e. The van der Waals surface area contributed by atoms with Gasteiger partial charge in [-0.25, -0.2) is 9.97 Å². The molecule has 0 spiro atoms. The number of H-pyrrole nitrogens is 1. The molecule has 152 valence electrons. The van der Waals surface area contributed by atoms with E-state index >= 15 is 0 Å². The summed E-state index contributed by atoms with van der Waals surface area (Å²) in [5, 5.41) is 11.7. The Kier molecular flexibility index (Phi) is 5.55. The van der Waals surface area contributed by atoms with E-state index in [-0.39, 0.29) is 11.3 Å². The van der Waals surface area contributed by atoms with Crippen molar-refractivity contribution in [1.82, 2.24) is 20.2 Å². The summed E-state index contributed by atoms with van der Waals surface area (Å²) in [6, 6.07) is 15.7. The van der Waals surface area contributed by atoms with Gasteiger partial charge in [0, 0.05) is 17.0 Å². The maximum absolute atomic E-state index is 12.8. The minimum atomic E-state index is -0.109. The first kappa shape index (κ1) is 20.1. The molecule has 0 unspecified atom stereocenters. The van der Waals surface area contributed by atoms with Crippen molar-refractivity contribution >= 4 is 34.4 Å². The van der Waals surface area contributed by atoms with E-state index in [4.69, 9.17) is 0 Å². The molecular weight excluding hydrogens is 394 g/mol. The Hall–Kier alpha value is -3.19. The molecule has 2 heterocycles. The number of nitrogens with zero attached hydrogens (tertiary/aromatic N) is 3. The van der Waals surface area contributed by atoms with E-state index in [9.17, 15) is 4.79 Å². The number of rotatable bonds is 5. The van der Waals surface area contributed by atoms with Crippen LogP contribution >= 0.6 is 11.8 Å². The molecule has 4 rings (SSSR count). The van der Waals surface area contributed by atoms with Crippen molar-refractivity contribution in [2.24, 2.45) is 0 Å². The van der Waals surface area contributed by atoms with Gasteiger partial charge in [-0.1, -0.05) is 45.0 Å². The normalized spacial score (nSPS) is 11.6. The van der Waals surface area contributed by atoms with Crippen LogP contribution < -0.4 is 5.32 Å². The summed E-state index contributed by atoms with van der Waals surface area (Å²) in [5.74, 6) is 0.613. The van der Waals surface area contributed by atoms with Gasteiger partial charge in [0.1, 0.15) is 11.4 Å². The van der Waals surface area contributed by atoms with Crippen LogP contribution in [-0.4, -0.2) is 26.1 Å². The van der Waals surface area contributed by atoms with Gasteiger partial charge in [-0.15, -0.1) is 11.8 Å². The highest BCUT2D eigenvalue weighted by Crippen LogP contribution is 2.27. The number of amides is 1. The lowest BCUT2D eigenvalue weighted by atomic mass is 9.86. The van der Waals surface area contributed by atoms with Crippen LogP contribution in [0.2, 0.25) is 0 Å². The summed E-state index contributed by atoms with van der Waals surface area (Å²) < 4.78 is 0. The maximum atomic E-state index is 12.8. The predicted octanol–water partition coefficient (Wildman–Crippen LogP) is 5.20. The van der Waals surface area contributed by atoms with Crippen molar-refractivity contribution in [3.05, 3.63) is 77.7 Å². The number of fused-ring (bicyclic) bond motifs is 1. The zero-order valence-electron chi connectivity index (χ0n) is 17.1. The molecule has 0 atom stereocenters. The van der Waals surface area contributed by atoms with E-state index in [2.05, 4.69) is 52.3 Å². The minimum absolute atomic E-state index is 0.00513.